The van der Waals surface area contributed by atoms with Gasteiger partial charge in [-0.3, -0.25) is 0 Å². The summed E-state index contributed by atoms with van der Waals surface area (Å²) in [6, 6.07) is 7.01. The van der Waals surface area contributed by atoms with Gasteiger partial charge in [0.05, 0.1) is 5.75 Å². The van der Waals surface area contributed by atoms with Gasteiger partial charge in [-0.15, -0.1) is 0 Å². The number of nitrogens with two attached hydrogens (primary N) is 1. The summed E-state index contributed by atoms with van der Waals surface area (Å²) in [6.07, 6.45) is 4.71. The normalized spacial score (nSPS) is 17.0. The third-order valence-corrected chi connectivity index (χ3v) is 5.09. The number of piperidine rings is 1. The highest BCUT2D eigenvalue weighted by atomic mass is 32.2. The third-order valence-electron chi connectivity index (χ3n) is 3.73. The van der Waals surface area contributed by atoms with Crippen molar-refractivity contribution < 1.29 is 8.42 Å². The van der Waals surface area contributed by atoms with Crippen molar-refractivity contribution in [2.45, 2.75) is 31.4 Å². The molecule has 0 atom stereocenters. The van der Waals surface area contributed by atoms with Gasteiger partial charge in [0.15, 0.2) is 0 Å². The molecule has 0 aromatic heterocycles. The molecule has 1 fully saturated rings. The zero-order valence-electron chi connectivity index (χ0n) is 12.4. The summed E-state index contributed by atoms with van der Waals surface area (Å²) in [5.41, 5.74) is 6.97. The van der Waals surface area contributed by atoms with E-state index in [9.17, 15) is 8.42 Å². The molecule has 1 aliphatic rings. The fraction of sp³-hybridized carbons (Fsp3) is 0.600. The van der Waals surface area contributed by atoms with E-state index in [1.54, 1.807) is 24.3 Å². The molecule has 1 saturated heterocycles. The number of hydrogen-bond acceptors (Lipinski definition) is 4. The highest BCUT2D eigenvalue weighted by molar-refractivity contribution is 7.88. The van der Waals surface area contributed by atoms with Crippen molar-refractivity contribution >= 4 is 15.7 Å². The summed E-state index contributed by atoms with van der Waals surface area (Å²) in [6.45, 7) is 3.77. The van der Waals surface area contributed by atoms with Crippen LogP contribution < -0.4 is 10.5 Å². The maximum absolute atomic E-state index is 12.0. The average Bonchev–Trinajstić information content (AvgIpc) is 2.44. The van der Waals surface area contributed by atoms with Gasteiger partial charge in [-0.05, 0) is 56.6 Å². The van der Waals surface area contributed by atoms with E-state index in [0.29, 0.717) is 12.2 Å². The van der Waals surface area contributed by atoms with Gasteiger partial charge in [-0.25, -0.2) is 13.1 Å². The fourth-order valence-corrected chi connectivity index (χ4v) is 3.84. The van der Waals surface area contributed by atoms with Crippen LogP contribution in [-0.4, -0.2) is 39.5 Å². The first-order valence-electron chi connectivity index (χ1n) is 7.59. The van der Waals surface area contributed by atoms with Gasteiger partial charge in [0, 0.05) is 12.2 Å². The van der Waals surface area contributed by atoms with E-state index >= 15 is 0 Å². The topological polar surface area (TPSA) is 75.4 Å². The number of hydrogen-bond donors (Lipinski definition) is 2. The molecule has 5 nitrogen and oxygen atoms in total. The molecule has 3 N–H and O–H groups in total. The van der Waals surface area contributed by atoms with Crippen LogP contribution in [0.15, 0.2) is 24.3 Å². The largest absolute Gasteiger partial charge is 0.399 e. The lowest BCUT2D eigenvalue weighted by molar-refractivity contribution is 0.227. The standard InChI is InChI=1S/C15H25N3O2S/c16-15-7-4-6-14(12-15)13-21(19,20)17-8-5-11-18-9-2-1-3-10-18/h4,6-7,12,17H,1-3,5,8-11,13,16H2. The number of benzene rings is 1. The van der Waals surface area contributed by atoms with E-state index in [0.717, 1.165) is 31.6 Å². The molecule has 1 aromatic rings. The summed E-state index contributed by atoms with van der Waals surface area (Å²) in [4.78, 5) is 2.41. The second kappa shape index (κ2) is 7.77. The summed E-state index contributed by atoms with van der Waals surface area (Å²) >= 11 is 0. The molecule has 6 heteroatoms. The molecular weight excluding hydrogens is 286 g/mol. The van der Waals surface area contributed by atoms with Gasteiger partial charge in [0.2, 0.25) is 10.0 Å². The van der Waals surface area contributed by atoms with Crippen molar-refractivity contribution in [3.63, 3.8) is 0 Å². The Kier molecular flexibility index (Phi) is 6.02. The SMILES string of the molecule is Nc1cccc(CS(=O)(=O)NCCCN2CCCCC2)c1. The Labute approximate surface area is 127 Å². The zero-order valence-corrected chi connectivity index (χ0v) is 13.2. The van der Waals surface area contributed by atoms with Crippen LogP contribution in [0.5, 0.6) is 0 Å². The lowest BCUT2D eigenvalue weighted by Crippen LogP contribution is -2.33. The van der Waals surface area contributed by atoms with E-state index in [-0.39, 0.29) is 5.75 Å². The molecule has 118 valence electrons. The predicted molar refractivity (Wildman–Crippen MR) is 86.4 cm³/mol. The van der Waals surface area contributed by atoms with Crippen LogP contribution in [0.25, 0.3) is 0 Å². The third kappa shape index (κ3) is 6.03. The van der Waals surface area contributed by atoms with Crippen LogP contribution in [0.3, 0.4) is 0 Å². The predicted octanol–water partition coefficient (Wildman–Crippen LogP) is 1.56. The van der Waals surface area contributed by atoms with Gasteiger partial charge in [-0.2, -0.15) is 0 Å². The van der Waals surface area contributed by atoms with Crippen LogP contribution in [-0.2, 0) is 15.8 Å². The zero-order chi connectivity index (χ0) is 15.1. The molecular formula is C15H25N3O2S. The number of nitrogens with one attached hydrogen (secondary N) is 1. The maximum atomic E-state index is 12.0. The van der Waals surface area contributed by atoms with E-state index in [1.165, 1.54) is 19.3 Å². The molecule has 21 heavy (non-hydrogen) atoms. The summed E-state index contributed by atoms with van der Waals surface area (Å²) < 4.78 is 26.7. The minimum atomic E-state index is -3.28. The van der Waals surface area contributed by atoms with Crippen molar-refractivity contribution in [1.82, 2.24) is 9.62 Å². The highest BCUT2D eigenvalue weighted by Gasteiger charge is 2.12. The second-order valence-corrected chi connectivity index (χ2v) is 7.46. The van der Waals surface area contributed by atoms with Crippen molar-refractivity contribution in [2.75, 3.05) is 31.9 Å². The van der Waals surface area contributed by atoms with Crippen LogP contribution in [0.1, 0.15) is 31.2 Å². The van der Waals surface area contributed by atoms with Gasteiger partial charge < -0.3 is 10.6 Å². The smallest absolute Gasteiger partial charge is 0.215 e. The average molecular weight is 311 g/mol. The molecule has 0 aliphatic carbocycles. The number of nitrogens with zero attached hydrogens (tertiary/aromatic N) is 1. The summed E-state index contributed by atoms with van der Waals surface area (Å²) in [5.74, 6) is -0.0121. The highest BCUT2D eigenvalue weighted by Crippen LogP contribution is 2.10. The Hall–Kier alpha value is -1.11. The minimum Gasteiger partial charge on any atom is -0.399 e. The summed E-state index contributed by atoms with van der Waals surface area (Å²) in [5, 5.41) is 0. The molecule has 1 heterocycles. The van der Waals surface area contributed by atoms with Crippen LogP contribution in [0.4, 0.5) is 5.69 Å². The van der Waals surface area contributed by atoms with Gasteiger partial charge in [-0.1, -0.05) is 18.6 Å². The lowest BCUT2D eigenvalue weighted by atomic mass is 10.1. The number of sulfonamides is 1. The molecule has 0 saturated carbocycles. The minimum absolute atomic E-state index is 0.0121. The lowest BCUT2D eigenvalue weighted by Gasteiger charge is -2.26. The van der Waals surface area contributed by atoms with Crippen molar-refractivity contribution in [2.24, 2.45) is 0 Å². The van der Waals surface area contributed by atoms with E-state index in [1.807, 2.05) is 0 Å². The fourth-order valence-electron chi connectivity index (χ4n) is 2.67. The first kappa shape index (κ1) is 16.3. The van der Waals surface area contributed by atoms with Gasteiger partial charge in [0.1, 0.15) is 0 Å². The molecule has 2 rings (SSSR count). The summed E-state index contributed by atoms with van der Waals surface area (Å²) in [7, 11) is -3.28. The maximum Gasteiger partial charge on any atom is 0.215 e. The Bertz CT molecular complexity index is 540. The Balaban J connectivity index is 1.71. The monoisotopic (exact) mass is 311 g/mol. The molecule has 0 amide bonds. The molecule has 1 aliphatic heterocycles. The molecule has 0 spiro atoms. The number of nitrogen functional groups attached to an aromatic ring is 1. The van der Waals surface area contributed by atoms with Crippen LogP contribution in [0, 0.1) is 0 Å². The molecule has 0 bridgehead atoms. The van der Waals surface area contributed by atoms with Crippen LogP contribution in [0.2, 0.25) is 0 Å². The quantitative estimate of drug-likeness (QED) is 0.592. The Morgan fingerprint density at radius 2 is 1.95 bits per heavy atom. The molecule has 0 radical (unpaired) electrons. The van der Waals surface area contributed by atoms with E-state index in [4.69, 9.17) is 5.73 Å². The van der Waals surface area contributed by atoms with Crippen molar-refractivity contribution in [3.05, 3.63) is 29.8 Å². The van der Waals surface area contributed by atoms with Crippen molar-refractivity contribution in [1.29, 1.82) is 0 Å². The molecule has 1 aromatic carbocycles. The number of rotatable bonds is 7. The molecule has 0 unspecified atom stereocenters. The Morgan fingerprint density at radius 1 is 1.19 bits per heavy atom. The van der Waals surface area contributed by atoms with Crippen LogP contribution >= 0.6 is 0 Å². The number of anilines is 1. The first-order chi connectivity index (χ1) is 10.1. The van der Waals surface area contributed by atoms with E-state index < -0.39 is 10.0 Å². The second-order valence-electron chi connectivity index (χ2n) is 5.65. The first-order valence-corrected chi connectivity index (χ1v) is 9.24. The Morgan fingerprint density at radius 3 is 2.67 bits per heavy atom. The van der Waals surface area contributed by atoms with E-state index in [2.05, 4.69) is 9.62 Å². The number of likely N-dealkylation sites (tertiary alicyclic amines) is 1. The van der Waals surface area contributed by atoms with Gasteiger partial charge >= 0.3 is 0 Å². The van der Waals surface area contributed by atoms with Crippen molar-refractivity contribution in [3.8, 4) is 0 Å². The van der Waals surface area contributed by atoms with Gasteiger partial charge in [0.25, 0.3) is 0 Å².